The molecule has 40 heteroatoms. The number of alkyl halides is 6. The number of sulfone groups is 3. The van der Waals surface area contributed by atoms with Gasteiger partial charge in [0.05, 0.1) is 56.8 Å². The van der Waals surface area contributed by atoms with Crippen LogP contribution in [-0.4, -0.2) is 140 Å². The Morgan fingerprint density at radius 3 is 1.35 bits per heavy atom. The van der Waals surface area contributed by atoms with Crippen molar-refractivity contribution in [2.45, 2.75) is 104 Å². The maximum absolute atomic E-state index is 13.1. The number of nitrogens with one attached hydrogen (secondary N) is 4. The number of thiophene rings is 3. The van der Waals surface area contributed by atoms with E-state index in [1.165, 1.54) is 59.3 Å². The highest BCUT2D eigenvalue weighted by molar-refractivity contribution is 9.11. The molecule has 10 rings (SSSR count). The van der Waals surface area contributed by atoms with Crippen LogP contribution in [0.2, 0.25) is 0 Å². The van der Waals surface area contributed by atoms with Crippen LogP contribution in [0.3, 0.4) is 0 Å². The summed E-state index contributed by atoms with van der Waals surface area (Å²) in [7, 11) is -16.6. The quantitative estimate of drug-likeness (QED) is 0.0414. The molecule has 86 heavy (non-hydrogen) atoms. The van der Waals surface area contributed by atoms with E-state index >= 15 is 0 Å². The van der Waals surface area contributed by atoms with E-state index in [0.29, 0.717) is 50.8 Å². The molecule has 10 heterocycles. The lowest BCUT2D eigenvalue weighted by molar-refractivity contribution is -0.141. The van der Waals surface area contributed by atoms with Gasteiger partial charge in [0.15, 0.2) is 0 Å². The summed E-state index contributed by atoms with van der Waals surface area (Å²) in [6.45, 7) is 5.07. The first kappa shape index (κ1) is 71.9. The van der Waals surface area contributed by atoms with Crippen molar-refractivity contribution in [3.63, 3.8) is 0 Å². The molecular weight excluding hydrogens is 1480 g/mol. The molecule has 0 aromatic carbocycles. The molecule has 0 radical (unpaired) electrons. The zero-order valence-electron chi connectivity index (χ0n) is 44.8. The summed E-state index contributed by atoms with van der Waals surface area (Å²) in [5.41, 5.74) is 4.04. The summed E-state index contributed by atoms with van der Waals surface area (Å²) in [5.74, 6) is 0.525. The summed E-state index contributed by atoms with van der Waals surface area (Å²) in [6.07, 6.45) is -4.15. The smallest absolute Gasteiger partial charge is 0.423 e. The second-order valence-electron chi connectivity index (χ2n) is 19.5. The Labute approximate surface area is 525 Å². The molecule has 476 valence electrons. The largest absolute Gasteiger partial charge is 0.489 e. The van der Waals surface area contributed by atoms with Crippen LogP contribution in [-0.2, 0) is 71.0 Å². The molecular formula is C46H53BBr2ClF6N7O14S9. The van der Waals surface area contributed by atoms with Gasteiger partial charge in [-0.2, -0.15) is 26.3 Å². The molecule has 0 unspecified atom stereocenters. The average Bonchev–Trinajstić information content (AvgIpc) is 1.72. The fourth-order valence-corrected chi connectivity index (χ4v) is 23.2. The number of H-pyrrole nitrogens is 2. The summed E-state index contributed by atoms with van der Waals surface area (Å²) in [4.78, 5) is 14.8. The Morgan fingerprint density at radius 2 is 0.977 bits per heavy atom. The zero-order valence-corrected chi connectivity index (χ0v) is 56.1. The van der Waals surface area contributed by atoms with E-state index in [1.807, 2.05) is 0 Å². The number of hydrogen-bond acceptors (Lipinski definition) is 20. The highest BCUT2D eigenvalue weighted by Crippen LogP contribution is 2.40. The normalized spacial score (nSPS) is 17.7. The number of halogens is 9. The first-order valence-corrected chi connectivity index (χ1v) is 39.7. The van der Waals surface area contributed by atoms with Crippen molar-refractivity contribution in [3.8, 4) is 10.4 Å². The van der Waals surface area contributed by atoms with Crippen molar-refractivity contribution < 1.29 is 86.9 Å². The number of hydrogen-bond donors (Lipinski definition) is 7. The van der Waals surface area contributed by atoms with Crippen molar-refractivity contribution in [1.82, 2.24) is 29.4 Å². The van der Waals surface area contributed by atoms with Gasteiger partial charge in [0, 0.05) is 77.0 Å². The molecule has 0 atom stereocenters. The Balaban J connectivity index is 0.000000185. The zero-order chi connectivity index (χ0) is 64.3. The van der Waals surface area contributed by atoms with Gasteiger partial charge in [-0.1, -0.05) is 0 Å². The van der Waals surface area contributed by atoms with Gasteiger partial charge in [0.25, 0.3) is 9.05 Å². The number of pyridine rings is 2. The Bertz CT molecular complexity index is 4260. The van der Waals surface area contributed by atoms with Crippen LogP contribution >= 0.6 is 76.6 Å². The van der Waals surface area contributed by atoms with Gasteiger partial charge in [-0.3, -0.25) is 0 Å². The minimum Gasteiger partial charge on any atom is -0.423 e. The maximum Gasteiger partial charge on any atom is 0.489 e. The van der Waals surface area contributed by atoms with Crippen molar-refractivity contribution in [3.05, 3.63) is 88.5 Å². The van der Waals surface area contributed by atoms with Gasteiger partial charge in [0.2, 0.25) is 20.0 Å². The van der Waals surface area contributed by atoms with Crippen molar-refractivity contribution in [1.29, 1.82) is 0 Å². The lowest BCUT2D eigenvalue weighted by Crippen LogP contribution is -2.40. The lowest BCUT2D eigenvalue weighted by Gasteiger charge is -2.22. The number of fused-ring (bicyclic) bond motifs is 2. The molecule has 0 aliphatic carbocycles. The minimum absolute atomic E-state index is 0.0169. The van der Waals surface area contributed by atoms with Crippen molar-refractivity contribution in [2.75, 3.05) is 34.5 Å². The van der Waals surface area contributed by atoms with E-state index in [0.717, 1.165) is 31.0 Å². The summed E-state index contributed by atoms with van der Waals surface area (Å²) >= 11 is 10.3. The molecule has 3 fully saturated rings. The van der Waals surface area contributed by atoms with Gasteiger partial charge < -0.3 is 25.7 Å². The first-order chi connectivity index (χ1) is 39.5. The lowest BCUT2D eigenvalue weighted by atomic mass is 9.79. The van der Waals surface area contributed by atoms with Crippen molar-refractivity contribution in [2.24, 2.45) is 5.73 Å². The Morgan fingerprint density at radius 1 is 0.605 bits per heavy atom. The van der Waals surface area contributed by atoms with E-state index in [2.05, 4.69) is 61.2 Å². The summed E-state index contributed by atoms with van der Waals surface area (Å²) < 4.78 is 222. The second kappa shape index (κ2) is 28.2. The number of rotatable bonds is 9. The van der Waals surface area contributed by atoms with Crippen LogP contribution in [0.25, 0.3) is 32.5 Å². The van der Waals surface area contributed by atoms with Crippen LogP contribution in [0.1, 0.15) is 64.5 Å². The van der Waals surface area contributed by atoms with E-state index in [-0.39, 0.29) is 102 Å². The molecule has 7 aromatic heterocycles. The van der Waals surface area contributed by atoms with E-state index in [1.54, 1.807) is 26.8 Å². The highest BCUT2D eigenvalue weighted by Gasteiger charge is 2.36. The molecule has 0 bridgehead atoms. The number of aromatic amines is 2. The van der Waals surface area contributed by atoms with Crippen LogP contribution < -0.4 is 20.6 Å². The number of nitrogens with zero attached hydrogens (tertiary/aromatic N) is 2. The molecule has 0 amide bonds. The first-order valence-electron chi connectivity index (χ1n) is 24.9. The predicted molar refractivity (Wildman–Crippen MR) is 326 cm³/mol. The fraction of sp³-hybridized carbons (Fsp3) is 0.435. The molecule has 8 N–H and O–H groups in total. The highest BCUT2D eigenvalue weighted by atomic mass is 79.9. The van der Waals surface area contributed by atoms with Crippen LogP contribution in [0, 0.1) is 20.8 Å². The van der Waals surface area contributed by atoms with Crippen LogP contribution in [0.15, 0.2) is 77.1 Å². The number of aryl methyl sites for hydroxylation is 3. The number of aromatic nitrogens is 4. The molecule has 21 nitrogen and oxygen atoms in total. The molecule has 0 spiro atoms. The Hall–Kier alpha value is -3.13. The molecule has 3 aliphatic heterocycles. The second-order valence-corrected chi connectivity index (χ2v) is 38.9. The monoisotopic (exact) mass is 1530 g/mol. The minimum atomic E-state index is -4.56. The van der Waals surface area contributed by atoms with Gasteiger partial charge in [-0.05, 0) is 139 Å². The van der Waals surface area contributed by atoms with Gasteiger partial charge >= 0.3 is 19.5 Å². The molecule has 0 saturated carbocycles. The van der Waals surface area contributed by atoms with Crippen molar-refractivity contribution >= 4 is 170 Å². The van der Waals surface area contributed by atoms with Crippen LogP contribution in [0.4, 0.5) is 26.3 Å². The summed E-state index contributed by atoms with van der Waals surface area (Å²) in [5, 5.41) is 18.2. The molecule has 7 aromatic rings. The summed E-state index contributed by atoms with van der Waals surface area (Å²) in [6, 6.07) is 8.39. The van der Waals surface area contributed by atoms with Gasteiger partial charge in [0.1, 0.15) is 52.2 Å². The van der Waals surface area contributed by atoms with E-state index in [9.17, 15) is 76.8 Å². The molecule has 3 saturated heterocycles. The van der Waals surface area contributed by atoms with E-state index < -0.39 is 95.5 Å². The SMILES string of the molecule is Cc1sc(-c2ccnc3[nH]c(C(F)(F)F)cc23)cc1S(=O)(=O)NC1CCS(=O)(=O)CC1.Cc1sc(Br)cc1S(=O)(=O)Cl.Cc1sc(Br)cc1S(=O)(=O)NC1CCS(=O)(=O)CC1.NC1CCS(=O)(=O)CC1.OB(O)c1ccnc2[nH]c(C(F)(F)F)cc12. The van der Waals surface area contributed by atoms with Crippen LogP contribution in [0.5, 0.6) is 0 Å². The molecule has 3 aliphatic rings. The average molecular weight is 1540 g/mol. The third kappa shape index (κ3) is 19.9. The number of nitrogens with two attached hydrogens (primary N) is 1. The van der Waals surface area contributed by atoms with Gasteiger partial charge in [-0.25, -0.2) is 69.9 Å². The third-order valence-electron chi connectivity index (χ3n) is 13.0. The van der Waals surface area contributed by atoms with Gasteiger partial charge in [-0.15, -0.1) is 34.0 Å². The predicted octanol–water partition coefficient (Wildman–Crippen LogP) is 7.68. The maximum atomic E-state index is 13.1. The Kier molecular flexibility index (Phi) is 23.6. The topological polar surface area (TPSA) is 353 Å². The third-order valence-corrected chi connectivity index (χ3v) is 27.5. The van der Waals surface area contributed by atoms with E-state index in [4.69, 9.17) is 26.5 Å². The number of sulfonamides is 2. The standard InChI is InChI=1S/C18H18F3N3O4S3.C10H14BrNO4S3.C8H6BF3N2O2.C5H4BrClO2S2.C5H11NO2S/c1-10-15(31(27,28)24-11-3-6-30(25,26)7-4-11)9-14(29-10)12-2-5-22-17-13(12)8-16(23-17)18(19,20)21;1-7-9(6-10(11)17-7)19(15,16)12-8-2-4-18(13,14)5-3-8;10-8(11,12)6-3-4-5(9(15)16)1-2-13-7(4)14-6;1-3-4(11(7,8)9)2-5(6)10-3;6-5-1-3-9(7,8)4-2-5/h2,5,8-9,11,24H,3-4,6-7H2,1H3,(H,22,23);6,8,12H,2-5H2,1H3;1-3,15-16H,(H,13,14);2H,1H3;5H,1-4,6H2. The fourth-order valence-electron chi connectivity index (χ4n) is 8.54.